The minimum atomic E-state index is 0.808. The van der Waals surface area contributed by atoms with E-state index in [4.69, 9.17) is 0 Å². The molecule has 0 saturated heterocycles. The van der Waals surface area contributed by atoms with Gasteiger partial charge in [-0.1, -0.05) is 26.0 Å². The van der Waals surface area contributed by atoms with Crippen LogP contribution in [0.5, 0.6) is 0 Å². The van der Waals surface area contributed by atoms with Crippen LogP contribution in [0, 0.1) is 5.92 Å². The molecule has 1 aromatic carbocycles. The van der Waals surface area contributed by atoms with E-state index in [1.165, 1.54) is 23.4 Å². The minimum absolute atomic E-state index is 0.808. The lowest BCUT2D eigenvalue weighted by atomic mass is 10.1. The van der Waals surface area contributed by atoms with Gasteiger partial charge in [0.1, 0.15) is 0 Å². The molecule has 0 aromatic heterocycles. The number of hydrogen-bond donors (Lipinski definition) is 1. The number of para-hydroxylation sites is 1. The molecule has 0 heterocycles. The maximum absolute atomic E-state index is 3.50. The van der Waals surface area contributed by atoms with E-state index < -0.39 is 0 Å². The molecule has 0 aliphatic heterocycles. The first-order valence-electron chi connectivity index (χ1n) is 5.61. The third-order valence-corrected chi connectivity index (χ3v) is 3.18. The van der Waals surface area contributed by atoms with Crippen LogP contribution in [-0.2, 0) is 0 Å². The van der Waals surface area contributed by atoms with Crippen molar-refractivity contribution in [3.63, 3.8) is 0 Å². The molecule has 0 radical (unpaired) electrons. The first kappa shape index (κ1) is 12.4. The molecule has 0 fully saturated rings. The van der Waals surface area contributed by atoms with Crippen LogP contribution in [0.3, 0.4) is 0 Å². The summed E-state index contributed by atoms with van der Waals surface area (Å²) in [4.78, 5) is 1.34. The van der Waals surface area contributed by atoms with Crippen LogP contribution in [0.25, 0.3) is 0 Å². The largest absolute Gasteiger partial charge is 0.384 e. The number of nitrogens with one attached hydrogen (secondary N) is 1. The van der Waals surface area contributed by atoms with Crippen LogP contribution < -0.4 is 5.32 Å². The highest BCUT2D eigenvalue weighted by molar-refractivity contribution is 7.98. The first-order chi connectivity index (χ1) is 7.24. The van der Waals surface area contributed by atoms with Gasteiger partial charge in [0.15, 0.2) is 0 Å². The van der Waals surface area contributed by atoms with E-state index >= 15 is 0 Å². The third kappa shape index (κ3) is 4.61. The molecule has 0 spiro atoms. The Morgan fingerprint density at radius 3 is 2.67 bits per heavy atom. The molecule has 1 nitrogen and oxygen atoms in total. The topological polar surface area (TPSA) is 12.0 Å². The van der Waals surface area contributed by atoms with Gasteiger partial charge in [-0.25, -0.2) is 0 Å². The molecular weight excluding hydrogens is 202 g/mol. The monoisotopic (exact) mass is 223 g/mol. The van der Waals surface area contributed by atoms with Crippen LogP contribution >= 0.6 is 11.8 Å². The molecule has 2 heteroatoms. The molecular formula is C13H21NS. The highest BCUT2D eigenvalue weighted by Crippen LogP contribution is 2.24. The fourth-order valence-corrected chi connectivity index (χ4v) is 2.10. The van der Waals surface area contributed by atoms with Crippen molar-refractivity contribution in [3.05, 3.63) is 24.3 Å². The van der Waals surface area contributed by atoms with Gasteiger partial charge in [0.2, 0.25) is 0 Å². The number of thioether (sulfide) groups is 1. The van der Waals surface area contributed by atoms with Crippen LogP contribution in [0.4, 0.5) is 5.69 Å². The summed E-state index contributed by atoms with van der Waals surface area (Å²) in [5.74, 6) is 0.808. The standard InChI is InChI=1S/C13H21NS/c1-11(2)7-6-10-14-12-8-4-5-9-13(12)15-3/h4-5,8-9,11,14H,6-7,10H2,1-3H3. The maximum Gasteiger partial charge on any atom is 0.0478 e. The van der Waals surface area contributed by atoms with Crippen molar-refractivity contribution >= 4 is 17.4 Å². The molecule has 1 N–H and O–H groups in total. The van der Waals surface area contributed by atoms with Crippen molar-refractivity contribution in [2.75, 3.05) is 18.1 Å². The van der Waals surface area contributed by atoms with Crippen molar-refractivity contribution in [3.8, 4) is 0 Å². The van der Waals surface area contributed by atoms with Gasteiger partial charge in [0.25, 0.3) is 0 Å². The molecule has 1 rings (SSSR count). The van der Waals surface area contributed by atoms with E-state index in [-0.39, 0.29) is 0 Å². The van der Waals surface area contributed by atoms with E-state index in [2.05, 4.69) is 49.7 Å². The summed E-state index contributed by atoms with van der Waals surface area (Å²) in [6.45, 7) is 5.63. The highest BCUT2D eigenvalue weighted by Gasteiger charge is 1.99. The van der Waals surface area contributed by atoms with E-state index in [1.54, 1.807) is 11.8 Å². The van der Waals surface area contributed by atoms with Gasteiger partial charge >= 0.3 is 0 Å². The molecule has 15 heavy (non-hydrogen) atoms. The Morgan fingerprint density at radius 1 is 1.27 bits per heavy atom. The molecule has 0 bridgehead atoms. The lowest BCUT2D eigenvalue weighted by Crippen LogP contribution is -2.03. The van der Waals surface area contributed by atoms with Gasteiger partial charge in [0, 0.05) is 17.1 Å². The second-order valence-electron chi connectivity index (χ2n) is 4.16. The fraction of sp³-hybridized carbons (Fsp3) is 0.538. The summed E-state index contributed by atoms with van der Waals surface area (Å²) in [6.07, 6.45) is 4.67. The third-order valence-electron chi connectivity index (χ3n) is 2.38. The molecule has 1 aromatic rings. The number of benzene rings is 1. The normalized spacial score (nSPS) is 10.7. The van der Waals surface area contributed by atoms with Crippen LogP contribution in [0.15, 0.2) is 29.2 Å². The Kier molecular flexibility index (Phi) is 5.62. The van der Waals surface area contributed by atoms with Crippen molar-refractivity contribution in [1.82, 2.24) is 0 Å². The van der Waals surface area contributed by atoms with Gasteiger partial charge in [-0.05, 0) is 37.1 Å². The number of hydrogen-bond acceptors (Lipinski definition) is 2. The van der Waals surface area contributed by atoms with Gasteiger partial charge in [-0.2, -0.15) is 0 Å². The molecule has 0 aliphatic carbocycles. The summed E-state index contributed by atoms with van der Waals surface area (Å²) < 4.78 is 0. The summed E-state index contributed by atoms with van der Waals surface area (Å²) in [7, 11) is 0. The van der Waals surface area contributed by atoms with Crippen molar-refractivity contribution in [2.24, 2.45) is 5.92 Å². The molecule has 0 saturated carbocycles. The predicted molar refractivity (Wildman–Crippen MR) is 70.8 cm³/mol. The summed E-state index contributed by atoms with van der Waals surface area (Å²) in [6, 6.07) is 8.49. The molecule has 84 valence electrons. The van der Waals surface area contributed by atoms with Gasteiger partial charge in [-0.15, -0.1) is 11.8 Å². The average molecular weight is 223 g/mol. The summed E-state index contributed by atoms with van der Waals surface area (Å²) in [5.41, 5.74) is 1.27. The zero-order chi connectivity index (χ0) is 11.1. The zero-order valence-corrected chi connectivity index (χ0v) is 10.7. The zero-order valence-electron chi connectivity index (χ0n) is 9.92. The molecule has 0 amide bonds. The van der Waals surface area contributed by atoms with Crippen LogP contribution in [0.2, 0.25) is 0 Å². The van der Waals surface area contributed by atoms with Crippen molar-refractivity contribution < 1.29 is 0 Å². The lowest BCUT2D eigenvalue weighted by Gasteiger charge is -2.10. The van der Waals surface area contributed by atoms with E-state index in [9.17, 15) is 0 Å². The summed E-state index contributed by atoms with van der Waals surface area (Å²) >= 11 is 1.80. The second kappa shape index (κ2) is 6.78. The fourth-order valence-electron chi connectivity index (χ4n) is 1.52. The number of rotatable bonds is 6. The van der Waals surface area contributed by atoms with Crippen molar-refractivity contribution in [2.45, 2.75) is 31.6 Å². The van der Waals surface area contributed by atoms with Crippen LogP contribution in [0.1, 0.15) is 26.7 Å². The average Bonchev–Trinajstić information content (AvgIpc) is 2.24. The highest BCUT2D eigenvalue weighted by atomic mass is 32.2. The lowest BCUT2D eigenvalue weighted by molar-refractivity contribution is 0.567. The molecule has 0 unspecified atom stereocenters. The van der Waals surface area contributed by atoms with Crippen LogP contribution in [-0.4, -0.2) is 12.8 Å². The van der Waals surface area contributed by atoms with Crippen molar-refractivity contribution in [1.29, 1.82) is 0 Å². The van der Waals surface area contributed by atoms with E-state index in [0.29, 0.717) is 0 Å². The Bertz CT molecular complexity index is 284. The Balaban J connectivity index is 2.36. The first-order valence-corrected chi connectivity index (χ1v) is 6.83. The van der Waals surface area contributed by atoms with Gasteiger partial charge < -0.3 is 5.32 Å². The quantitative estimate of drug-likeness (QED) is 0.571. The van der Waals surface area contributed by atoms with Gasteiger partial charge in [0.05, 0.1) is 0 Å². The predicted octanol–water partition coefficient (Wildman–Crippen LogP) is 4.26. The molecule has 0 aliphatic rings. The smallest absolute Gasteiger partial charge is 0.0478 e. The second-order valence-corrected chi connectivity index (χ2v) is 5.01. The van der Waals surface area contributed by atoms with E-state index in [1.807, 2.05) is 0 Å². The molecule has 0 atom stereocenters. The maximum atomic E-state index is 3.50. The number of anilines is 1. The minimum Gasteiger partial charge on any atom is -0.384 e. The van der Waals surface area contributed by atoms with E-state index in [0.717, 1.165) is 12.5 Å². The Morgan fingerprint density at radius 2 is 2.00 bits per heavy atom. The SMILES string of the molecule is CSc1ccccc1NCCCC(C)C. The van der Waals surface area contributed by atoms with Gasteiger partial charge in [-0.3, -0.25) is 0 Å². The Labute approximate surface area is 97.7 Å². The Hall–Kier alpha value is -0.630. The summed E-state index contributed by atoms with van der Waals surface area (Å²) in [5, 5.41) is 3.50.